The highest BCUT2D eigenvalue weighted by Crippen LogP contribution is 2.54. The third kappa shape index (κ3) is 6.62. The first kappa shape index (κ1) is 24.8. The minimum Gasteiger partial charge on any atom is -0.309 e. The summed E-state index contributed by atoms with van der Waals surface area (Å²) in [6.45, 7) is 2.19. The molecular weight excluding hydrogens is 450 g/mol. The standard InChI is InChI=1S/C30H34N2P2/c1-31(2)25-15-16-26-32(33(27-17-7-3-8-18-27)28-19-9-4-10-20-28)34(29-21-11-5-12-22-29)30-23-13-6-14-24-30/h3-14,17-24H,15-16,25-26H2,1-2H3. The van der Waals surface area contributed by atoms with Crippen LogP contribution in [0.25, 0.3) is 0 Å². The topological polar surface area (TPSA) is 6.48 Å². The number of unbranched alkanes of at least 4 members (excludes halogenated alkanes) is 1. The molecule has 0 saturated carbocycles. The predicted molar refractivity (Wildman–Crippen MR) is 153 cm³/mol. The van der Waals surface area contributed by atoms with Crippen LogP contribution in [0.15, 0.2) is 121 Å². The average molecular weight is 485 g/mol. The molecule has 4 rings (SSSR count). The highest BCUT2D eigenvalue weighted by atomic mass is 31.2. The fraction of sp³-hybridized carbons (Fsp3) is 0.200. The molecule has 0 aliphatic heterocycles. The second kappa shape index (κ2) is 12.9. The quantitative estimate of drug-likeness (QED) is 0.198. The summed E-state index contributed by atoms with van der Waals surface area (Å²) < 4.78 is 2.84. The van der Waals surface area contributed by atoms with Crippen molar-refractivity contribution in [1.82, 2.24) is 9.34 Å². The summed E-state index contributed by atoms with van der Waals surface area (Å²) in [5.74, 6) is 0. The summed E-state index contributed by atoms with van der Waals surface area (Å²) in [5.41, 5.74) is 0. The van der Waals surface area contributed by atoms with Gasteiger partial charge in [0.15, 0.2) is 0 Å². The molecule has 0 unspecified atom stereocenters. The molecule has 0 amide bonds. The van der Waals surface area contributed by atoms with Crippen LogP contribution in [0, 0.1) is 0 Å². The van der Waals surface area contributed by atoms with E-state index in [1.54, 1.807) is 0 Å². The van der Waals surface area contributed by atoms with Gasteiger partial charge in [0.05, 0.1) is 0 Å². The molecule has 34 heavy (non-hydrogen) atoms. The van der Waals surface area contributed by atoms with Gasteiger partial charge in [-0.15, -0.1) is 0 Å². The van der Waals surface area contributed by atoms with E-state index in [-0.39, 0.29) is 0 Å². The van der Waals surface area contributed by atoms with Gasteiger partial charge in [0.2, 0.25) is 0 Å². The fourth-order valence-corrected chi connectivity index (χ4v) is 10.2. The summed E-state index contributed by atoms with van der Waals surface area (Å²) in [7, 11) is 2.96. The number of hydrogen-bond donors (Lipinski definition) is 0. The Kier molecular flexibility index (Phi) is 9.43. The molecule has 0 aliphatic rings. The number of rotatable bonds is 11. The van der Waals surface area contributed by atoms with E-state index >= 15 is 0 Å². The van der Waals surface area contributed by atoms with E-state index in [2.05, 4.69) is 145 Å². The highest BCUT2D eigenvalue weighted by molar-refractivity contribution is 7.84. The molecule has 0 saturated heterocycles. The molecule has 0 radical (unpaired) electrons. The maximum atomic E-state index is 2.84. The molecule has 0 N–H and O–H groups in total. The third-order valence-electron chi connectivity index (χ3n) is 5.68. The molecule has 0 aromatic heterocycles. The molecule has 0 atom stereocenters. The molecule has 0 heterocycles. The molecule has 0 fully saturated rings. The number of benzene rings is 4. The molecule has 4 aromatic carbocycles. The molecule has 2 nitrogen and oxygen atoms in total. The van der Waals surface area contributed by atoms with Gasteiger partial charge in [-0.2, -0.15) is 0 Å². The highest BCUT2D eigenvalue weighted by Gasteiger charge is 2.31. The van der Waals surface area contributed by atoms with Crippen molar-refractivity contribution < 1.29 is 0 Å². The van der Waals surface area contributed by atoms with Gasteiger partial charge < -0.3 is 4.90 Å². The van der Waals surface area contributed by atoms with Crippen molar-refractivity contribution in [1.29, 1.82) is 0 Å². The lowest BCUT2D eigenvalue weighted by molar-refractivity contribution is 0.390. The van der Waals surface area contributed by atoms with Gasteiger partial charge >= 0.3 is 0 Å². The van der Waals surface area contributed by atoms with Crippen molar-refractivity contribution >= 4 is 37.4 Å². The van der Waals surface area contributed by atoms with Gasteiger partial charge in [-0.3, -0.25) is 0 Å². The van der Waals surface area contributed by atoms with Crippen LogP contribution in [0.4, 0.5) is 0 Å². The average Bonchev–Trinajstić information content (AvgIpc) is 2.89. The minimum absolute atomic E-state index is 0.684. The van der Waals surface area contributed by atoms with Crippen molar-refractivity contribution in [3.05, 3.63) is 121 Å². The summed E-state index contributed by atoms with van der Waals surface area (Å²) in [5, 5.41) is 5.65. The van der Waals surface area contributed by atoms with Crippen LogP contribution >= 0.6 is 16.1 Å². The smallest absolute Gasteiger partial charge is 0.0323 e. The molecular formula is C30H34N2P2. The molecule has 0 aliphatic carbocycles. The van der Waals surface area contributed by atoms with E-state index in [4.69, 9.17) is 0 Å². The second-order valence-corrected chi connectivity index (χ2v) is 13.2. The normalized spacial score (nSPS) is 11.6. The van der Waals surface area contributed by atoms with Gasteiger partial charge in [0.1, 0.15) is 0 Å². The molecule has 174 valence electrons. The Labute approximate surface area is 207 Å². The molecule has 4 aromatic rings. The maximum Gasteiger partial charge on any atom is 0.0323 e. The Bertz CT molecular complexity index is 928. The lowest BCUT2D eigenvalue weighted by Crippen LogP contribution is -2.32. The van der Waals surface area contributed by atoms with Gasteiger partial charge in [-0.25, -0.2) is 4.44 Å². The largest absolute Gasteiger partial charge is 0.309 e. The molecule has 0 spiro atoms. The SMILES string of the molecule is CN(C)CCCCN(P(c1ccccc1)c1ccccc1)P(c1ccccc1)c1ccccc1. The van der Waals surface area contributed by atoms with Crippen LogP contribution in [0.1, 0.15) is 12.8 Å². The lowest BCUT2D eigenvalue weighted by Gasteiger charge is -2.39. The third-order valence-corrected chi connectivity index (χ3v) is 11.2. The van der Waals surface area contributed by atoms with Crippen molar-refractivity contribution in [2.45, 2.75) is 12.8 Å². The van der Waals surface area contributed by atoms with Crippen molar-refractivity contribution in [2.24, 2.45) is 0 Å². The second-order valence-electron chi connectivity index (χ2n) is 8.57. The zero-order chi connectivity index (χ0) is 23.6. The Hall–Kier alpha value is -2.34. The Morgan fingerprint density at radius 1 is 0.441 bits per heavy atom. The summed E-state index contributed by atoms with van der Waals surface area (Å²) in [6.07, 6.45) is 2.37. The van der Waals surface area contributed by atoms with Gasteiger partial charge in [-0.05, 0) is 54.7 Å². The van der Waals surface area contributed by atoms with Crippen LogP contribution in [-0.4, -0.2) is 36.5 Å². The van der Waals surface area contributed by atoms with Crippen molar-refractivity contribution in [3.8, 4) is 0 Å². The van der Waals surface area contributed by atoms with E-state index < -0.39 is 16.1 Å². The zero-order valence-corrected chi connectivity index (χ0v) is 22.0. The number of hydrogen-bond acceptors (Lipinski definition) is 2. The molecule has 0 bridgehead atoms. The summed E-state index contributed by atoms with van der Waals surface area (Å²) >= 11 is 0. The van der Waals surface area contributed by atoms with Crippen LogP contribution in [0.2, 0.25) is 0 Å². The lowest BCUT2D eigenvalue weighted by atomic mass is 10.3. The van der Waals surface area contributed by atoms with E-state index in [9.17, 15) is 0 Å². The van der Waals surface area contributed by atoms with Crippen LogP contribution in [0.3, 0.4) is 0 Å². The first-order valence-corrected chi connectivity index (χ1v) is 14.6. The van der Waals surface area contributed by atoms with Crippen molar-refractivity contribution in [2.75, 3.05) is 27.2 Å². The van der Waals surface area contributed by atoms with Crippen LogP contribution in [0.5, 0.6) is 0 Å². The summed E-state index contributed by atoms with van der Waals surface area (Å²) in [6, 6.07) is 44.5. The predicted octanol–water partition coefficient (Wildman–Crippen LogP) is 5.73. The van der Waals surface area contributed by atoms with Crippen LogP contribution < -0.4 is 21.2 Å². The monoisotopic (exact) mass is 484 g/mol. The van der Waals surface area contributed by atoms with Gasteiger partial charge in [0.25, 0.3) is 0 Å². The molecule has 4 heteroatoms. The first-order valence-electron chi connectivity index (χ1n) is 12.0. The van der Waals surface area contributed by atoms with E-state index in [1.807, 2.05) is 0 Å². The van der Waals surface area contributed by atoms with E-state index in [0.29, 0.717) is 0 Å². The van der Waals surface area contributed by atoms with Gasteiger partial charge in [0, 0.05) is 22.7 Å². The number of nitrogens with zero attached hydrogens (tertiary/aromatic N) is 2. The minimum atomic E-state index is -0.684. The zero-order valence-electron chi connectivity index (χ0n) is 20.2. The Balaban J connectivity index is 1.83. The maximum absolute atomic E-state index is 2.84. The van der Waals surface area contributed by atoms with Crippen molar-refractivity contribution in [3.63, 3.8) is 0 Å². The van der Waals surface area contributed by atoms with E-state index in [1.165, 1.54) is 34.1 Å². The van der Waals surface area contributed by atoms with Crippen LogP contribution in [-0.2, 0) is 0 Å². The Morgan fingerprint density at radius 3 is 1.03 bits per heavy atom. The summed E-state index contributed by atoms with van der Waals surface area (Å²) in [4.78, 5) is 2.29. The Morgan fingerprint density at radius 2 is 0.735 bits per heavy atom. The van der Waals surface area contributed by atoms with E-state index in [0.717, 1.165) is 13.1 Å². The fourth-order valence-electron chi connectivity index (χ4n) is 4.08. The van der Waals surface area contributed by atoms with Gasteiger partial charge in [-0.1, -0.05) is 121 Å². The first-order chi connectivity index (χ1) is 16.7.